The van der Waals surface area contributed by atoms with Crippen molar-refractivity contribution in [1.29, 1.82) is 5.26 Å². The molecule has 1 aromatic carbocycles. The van der Waals surface area contributed by atoms with E-state index in [1.54, 1.807) is 18.2 Å². The summed E-state index contributed by atoms with van der Waals surface area (Å²) in [6.07, 6.45) is 1.70. The van der Waals surface area contributed by atoms with E-state index in [9.17, 15) is 19.2 Å². The fourth-order valence-electron chi connectivity index (χ4n) is 2.46. The fraction of sp³-hybridized carbons (Fsp3) is 0.389. The first-order chi connectivity index (χ1) is 12.1. The molecule has 0 radical (unpaired) electrons. The molecular formula is C18H19FN2O3S. The van der Waals surface area contributed by atoms with Crippen LogP contribution in [0.5, 0.6) is 0 Å². The number of halogens is 1. The van der Waals surface area contributed by atoms with Crippen molar-refractivity contribution in [3.05, 3.63) is 46.2 Å². The monoisotopic (exact) mass is 362 g/mol. The highest BCUT2D eigenvalue weighted by atomic mass is 32.2. The maximum atomic E-state index is 14.1. The summed E-state index contributed by atoms with van der Waals surface area (Å²) in [6, 6.07) is 8.14. The Morgan fingerprint density at radius 2 is 2.24 bits per heavy atom. The normalized spacial score (nSPS) is 17.0. The van der Waals surface area contributed by atoms with Gasteiger partial charge in [0.2, 0.25) is 5.91 Å². The SMILES string of the molecule is CCCCOC(=O)CSC1=C(C#N)[C@@H](c2ccccc2F)CC(=O)N1. The van der Waals surface area contributed by atoms with Crippen LogP contribution in [0.1, 0.15) is 37.7 Å². The molecule has 1 aliphatic rings. The third-order valence-electron chi connectivity index (χ3n) is 3.73. The van der Waals surface area contributed by atoms with Gasteiger partial charge >= 0.3 is 5.97 Å². The number of hydrogen-bond acceptors (Lipinski definition) is 5. The van der Waals surface area contributed by atoms with Crippen molar-refractivity contribution in [3.63, 3.8) is 0 Å². The van der Waals surface area contributed by atoms with Gasteiger partial charge in [-0.15, -0.1) is 0 Å². The Morgan fingerprint density at radius 3 is 2.92 bits per heavy atom. The van der Waals surface area contributed by atoms with Gasteiger partial charge in [-0.3, -0.25) is 9.59 Å². The van der Waals surface area contributed by atoms with E-state index in [0.29, 0.717) is 17.2 Å². The molecule has 5 nitrogen and oxygen atoms in total. The average molecular weight is 362 g/mol. The molecule has 132 valence electrons. The summed E-state index contributed by atoms with van der Waals surface area (Å²) in [5.74, 6) is -1.86. The Labute approximate surface area is 150 Å². The number of carbonyl (C=O) groups excluding carboxylic acids is 2. The minimum atomic E-state index is -0.654. The molecular weight excluding hydrogens is 343 g/mol. The van der Waals surface area contributed by atoms with E-state index in [1.165, 1.54) is 6.07 Å². The second kappa shape index (κ2) is 9.23. The van der Waals surface area contributed by atoms with Crippen molar-refractivity contribution in [3.8, 4) is 6.07 Å². The highest BCUT2D eigenvalue weighted by Gasteiger charge is 2.31. The molecule has 0 spiro atoms. The quantitative estimate of drug-likeness (QED) is 0.595. The number of hydrogen-bond donors (Lipinski definition) is 1. The molecule has 1 aromatic rings. The molecule has 25 heavy (non-hydrogen) atoms. The molecule has 0 saturated heterocycles. The second-order valence-electron chi connectivity index (χ2n) is 5.54. The topological polar surface area (TPSA) is 79.2 Å². The molecule has 1 aliphatic heterocycles. The lowest BCUT2D eigenvalue weighted by molar-refractivity contribution is -0.140. The summed E-state index contributed by atoms with van der Waals surface area (Å²) in [7, 11) is 0. The Morgan fingerprint density at radius 1 is 1.48 bits per heavy atom. The van der Waals surface area contributed by atoms with Crippen LogP contribution in [0.4, 0.5) is 4.39 Å². The third-order valence-corrected chi connectivity index (χ3v) is 4.72. The fourth-order valence-corrected chi connectivity index (χ4v) is 3.33. The summed E-state index contributed by atoms with van der Waals surface area (Å²) >= 11 is 1.03. The maximum absolute atomic E-state index is 14.1. The largest absolute Gasteiger partial charge is 0.465 e. The van der Waals surface area contributed by atoms with Gasteiger partial charge < -0.3 is 10.1 Å². The maximum Gasteiger partial charge on any atom is 0.316 e. The second-order valence-corrected chi connectivity index (χ2v) is 6.53. The number of nitrogens with zero attached hydrogens (tertiary/aromatic N) is 1. The molecule has 1 N–H and O–H groups in total. The van der Waals surface area contributed by atoms with Crippen LogP contribution in [-0.2, 0) is 14.3 Å². The summed E-state index contributed by atoms with van der Waals surface area (Å²) in [4.78, 5) is 23.7. The van der Waals surface area contributed by atoms with Crippen molar-refractivity contribution < 1.29 is 18.7 Å². The number of allylic oxidation sites excluding steroid dienone is 1. The first-order valence-electron chi connectivity index (χ1n) is 8.03. The van der Waals surface area contributed by atoms with E-state index in [2.05, 4.69) is 11.4 Å². The molecule has 0 aromatic heterocycles. The lowest BCUT2D eigenvalue weighted by atomic mass is 9.87. The Hall–Kier alpha value is -2.33. The number of amides is 1. The summed E-state index contributed by atoms with van der Waals surface area (Å²) in [5, 5.41) is 12.4. The zero-order chi connectivity index (χ0) is 18.2. The highest BCUT2D eigenvalue weighted by Crippen LogP contribution is 2.36. The number of ether oxygens (including phenoxy) is 1. The van der Waals surface area contributed by atoms with Gasteiger partial charge in [0, 0.05) is 12.3 Å². The number of unbranched alkanes of at least 4 members (excludes halogenated alkanes) is 1. The van der Waals surface area contributed by atoms with Crippen LogP contribution in [0, 0.1) is 17.1 Å². The molecule has 0 saturated carbocycles. The van der Waals surface area contributed by atoms with E-state index in [-0.39, 0.29) is 23.7 Å². The van der Waals surface area contributed by atoms with Gasteiger partial charge in [0.15, 0.2) is 0 Å². The van der Waals surface area contributed by atoms with E-state index in [0.717, 1.165) is 24.6 Å². The van der Waals surface area contributed by atoms with Crippen LogP contribution in [0.15, 0.2) is 34.9 Å². The van der Waals surface area contributed by atoms with Gasteiger partial charge in [0.25, 0.3) is 0 Å². The molecule has 1 amide bonds. The smallest absolute Gasteiger partial charge is 0.316 e. The molecule has 1 heterocycles. The average Bonchev–Trinajstić information content (AvgIpc) is 2.60. The molecule has 1 atom stereocenters. The predicted molar refractivity (Wildman–Crippen MR) is 92.9 cm³/mol. The highest BCUT2D eigenvalue weighted by molar-refractivity contribution is 8.03. The van der Waals surface area contributed by atoms with Crippen LogP contribution in [-0.4, -0.2) is 24.2 Å². The van der Waals surface area contributed by atoms with Gasteiger partial charge in [-0.05, 0) is 18.1 Å². The number of esters is 1. The van der Waals surface area contributed by atoms with Crippen LogP contribution in [0.2, 0.25) is 0 Å². The lowest BCUT2D eigenvalue weighted by Crippen LogP contribution is -2.31. The van der Waals surface area contributed by atoms with E-state index in [4.69, 9.17) is 4.74 Å². The first-order valence-corrected chi connectivity index (χ1v) is 9.02. The predicted octanol–water partition coefficient (Wildman–Crippen LogP) is 3.24. The van der Waals surface area contributed by atoms with Gasteiger partial charge in [0.1, 0.15) is 5.82 Å². The van der Waals surface area contributed by atoms with Crippen molar-refractivity contribution in [2.24, 2.45) is 0 Å². The third kappa shape index (κ3) is 5.07. The zero-order valence-electron chi connectivity index (χ0n) is 13.9. The van der Waals surface area contributed by atoms with Crippen molar-refractivity contribution in [2.75, 3.05) is 12.4 Å². The molecule has 0 fully saturated rings. The number of rotatable bonds is 7. The number of benzene rings is 1. The molecule has 7 heteroatoms. The van der Waals surface area contributed by atoms with Crippen molar-refractivity contribution in [2.45, 2.75) is 32.1 Å². The number of nitrogens with one attached hydrogen (secondary N) is 1. The first kappa shape index (κ1) is 19.0. The van der Waals surface area contributed by atoms with Crippen LogP contribution < -0.4 is 5.32 Å². The van der Waals surface area contributed by atoms with Gasteiger partial charge in [-0.2, -0.15) is 5.26 Å². The summed E-state index contributed by atoms with van der Waals surface area (Å²) in [6.45, 7) is 2.34. The zero-order valence-corrected chi connectivity index (χ0v) is 14.7. The number of nitriles is 1. The van der Waals surface area contributed by atoms with E-state index < -0.39 is 17.7 Å². The van der Waals surface area contributed by atoms with E-state index in [1.807, 2.05) is 6.92 Å². The molecule has 0 aliphatic carbocycles. The standard InChI is InChI=1S/C18H19FN2O3S/c1-2-3-8-24-17(23)11-25-18-14(10-20)13(9-16(22)21-18)12-6-4-5-7-15(12)19/h4-7,13H,2-3,8-9,11H2,1H3,(H,21,22)/t13-/m1/s1. The Kier molecular flexibility index (Phi) is 7.02. The number of thioether (sulfide) groups is 1. The Balaban J connectivity index is 2.16. The molecule has 0 bridgehead atoms. The van der Waals surface area contributed by atoms with Gasteiger partial charge in [-0.1, -0.05) is 43.3 Å². The van der Waals surface area contributed by atoms with Crippen molar-refractivity contribution >= 4 is 23.6 Å². The summed E-state index contributed by atoms with van der Waals surface area (Å²) in [5.41, 5.74) is 0.564. The van der Waals surface area contributed by atoms with Gasteiger partial charge in [0.05, 0.1) is 29.0 Å². The minimum absolute atomic E-state index is 0.00513. The lowest BCUT2D eigenvalue weighted by Gasteiger charge is -2.25. The number of carbonyl (C=O) groups is 2. The summed E-state index contributed by atoms with van der Waals surface area (Å²) < 4.78 is 19.1. The minimum Gasteiger partial charge on any atom is -0.465 e. The van der Waals surface area contributed by atoms with E-state index >= 15 is 0 Å². The molecule has 2 rings (SSSR count). The van der Waals surface area contributed by atoms with Crippen LogP contribution in [0.3, 0.4) is 0 Å². The van der Waals surface area contributed by atoms with Crippen molar-refractivity contribution in [1.82, 2.24) is 5.32 Å². The van der Waals surface area contributed by atoms with Crippen LogP contribution in [0.25, 0.3) is 0 Å². The Bertz CT molecular complexity index is 727. The van der Waals surface area contributed by atoms with Gasteiger partial charge in [-0.25, -0.2) is 4.39 Å². The van der Waals surface area contributed by atoms with Crippen LogP contribution >= 0.6 is 11.8 Å². The molecule has 0 unspecified atom stereocenters.